The van der Waals surface area contributed by atoms with E-state index in [1.54, 1.807) is 6.07 Å². The van der Waals surface area contributed by atoms with Crippen LogP contribution >= 0.6 is 11.6 Å². The van der Waals surface area contributed by atoms with E-state index in [4.69, 9.17) is 11.6 Å². The first-order chi connectivity index (χ1) is 8.49. The summed E-state index contributed by atoms with van der Waals surface area (Å²) in [5, 5.41) is 3.41. The van der Waals surface area contributed by atoms with Gasteiger partial charge >= 0.3 is 0 Å². The lowest BCUT2D eigenvalue weighted by atomic mass is 9.75. The lowest BCUT2D eigenvalue weighted by Gasteiger charge is -2.48. The fourth-order valence-corrected chi connectivity index (χ4v) is 3.20. The summed E-state index contributed by atoms with van der Waals surface area (Å²) in [5.41, 5.74) is 0.725. The van der Waals surface area contributed by atoms with Crippen LogP contribution < -0.4 is 10.2 Å². The van der Waals surface area contributed by atoms with Crippen LogP contribution in [0.3, 0.4) is 0 Å². The molecule has 0 aliphatic carbocycles. The van der Waals surface area contributed by atoms with Crippen molar-refractivity contribution >= 4 is 29.0 Å². The molecule has 1 amide bonds. The number of hydrogen-bond acceptors (Lipinski definition) is 3. The Labute approximate surface area is 111 Å². The Bertz CT molecular complexity index is 515. The summed E-state index contributed by atoms with van der Waals surface area (Å²) in [4.78, 5) is 18.8. The van der Waals surface area contributed by atoms with Crippen molar-refractivity contribution in [2.75, 3.05) is 16.8 Å². The van der Waals surface area contributed by atoms with Crippen molar-refractivity contribution in [3.8, 4) is 0 Å². The van der Waals surface area contributed by atoms with Gasteiger partial charge in [0.25, 0.3) is 0 Å². The van der Waals surface area contributed by atoms with E-state index in [1.165, 1.54) is 0 Å². The molecule has 0 saturated carbocycles. The standard InChI is InChI=1S/C13H16ClN3O/c1-13(2)6-3-7-17-10(13)12(18)15-8-4-5-9(14)16-11(8)17/h4-5,10H,3,6-7H2,1-2H3,(H,15,18). The molecule has 1 unspecified atom stereocenters. The van der Waals surface area contributed by atoms with Crippen molar-refractivity contribution in [2.45, 2.75) is 32.7 Å². The molecule has 1 fully saturated rings. The van der Waals surface area contributed by atoms with Crippen molar-refractivity contribution in [3.63, 3.8) is 0 Å². The van der Waals surface area contributed by atoms with E-state index in [2.05, 4.69) is 29.0 Å². The van der Waals surface area contributed by atoms with Gasteiger partial charge in [-0.15, -0.1) is 0 Å². The average Bonchev–Trinajstić information content (AvgIpc) is 2.29. The highest BCUT2D eigenvalue weighted by Gasteiger charge is 2.46. The van der Waals surface area contributed by atoms with Gasteiger partial charge in [-0.25, -0.2) is 4.98 Å². The number of amides is 1. The summed E-state index contributed by atoms with van der Waals surface area (Å²) < 4.78 is 0. The summed E-state index contributed by atoms with van der Waals surface area (Å²) in [6.07, 6.45) is 2.13. The first-order valence-electron chi connectivity index (χ1n) is 6.23. The van der Waals surface area contributed by atoms with Crippen molar-refractivity contribution < 1.29 is 4.79 Å². The van der Waals surface area contributed by atoms with Crippen molar-refractivity contribution in [1.82, 2.24) is 4.98 Å². The molecule has 1 aromatic rings. The maximum atomic E-state index is 12.3. The third kappa shape index (κ3) is 1.67. The molecule has 5 heteroatoms. The number of nitrogens with zero attached hydrogens (tertiary/aromatic N) is 2. The molecular weight excluding hydrogens is 250 g/mol. The number of nitrogens with one attached hydrogen (secondary N) is 1. The second kappa shape index (κ2) is 3.85. The van der Waals surface area contributed by atoms with Gasteiger partial charge < -0.3 is 10.2 Å². The smallest absolute Gasteiger partial charge is 0.247 e. The van der Waals surface area contributed by atoms with Crippen molar-refractivity contribution in [2.24, 2.45) is 5.41 Å². The summed E-state index contributed by atoms with van der Waals surface area (Å²) in [7, 11) is 0. The largest absolute Gasteiger partial charge is 0.342 e. The fourth-order valence-electron chi connectivity index (χ4n) is 3.06. The van der Waals surface area contributed by atoms with E-state index in [0.29, 0.717) is 5.15 Å². The summed E-state index contributed by atoms with van der Waals surface area (Å²) in [6.45, 7) is 5.14. The molecule has 96 valence electrons. The van der Waals surface area contributed by atoms with E-state index >= 15 is 0 Å². The molecule has 18 heavy (non-hydrogen) atoms. The summed E-state index contributed by atoms with van der Waals surface area (Å²) >= 11 is 5.96. The number of carbonyl (C=O) groups excluding carboxylic acids is 1. The van der Waals surface area contributed by atoms with Crippen molar-refractivity contribution in [3.05, 3.63) is 17.3 Å². The highest BCUT2D eigenvalue weighted by atomic mass is 35.5. The topological polar surface area (TPSA) is 45.2 Å². The second-order valence-electron chi connectivity index (χ2n) is 5.68. The molecule has 1 saturated heterocycles. The highest BCUT2D eigenvalue weighted by Crippen LogP contribution is 2.42. The van der Waals surface area contributed by atoms with Crippen LogP contribution in [0.2, 0.25) is 5.15 Å². The van der Waals surface area contributed by atoms with Crippen molar-refractivity contribution in [1.29, 1.82) is 0 Å². The Morgan fingerprint density at radius 1 is 1.50 bits per heavy atom. The zero-order chi connectivity index (χ0) is 12.9. The number of halogens is 1. The van der Waals surface area contributed by atoms with Crippen LogP contribution in [0.4, 0.5) is 11.5 Å². The number of rotatable bonds is 0. The zero-order valence-corrected chi connectivity index (χ0v) is 11.3. The molecule has 3 heterocycles. The number of aromatic nitrogens is 1. The number of pyridine rings is 1. The van der Waals surface area contributed by atoms with Gasteiger partial charge in [0, 0.05) is 6.54 Å². The number of carbonyl (C=O) groups is 1. The Morgan fingerprint density at radius 3 is 3.06 bits per heavy atom. The van der Waals surface area contributed by atoms with Gasteiger partial charge in [-0.1, -0.05) is 25.4 Å². The van der Waals surface area contributed by atoms with Gasteiger partial charge in [0.1, 0.15) is 11.2 Å². The molecule has 0 bridgehead atoms. The molecule has 0 radical (unpaired) electrons. The Balaban J connectivity index is 2.11. The molecule has 2 aliphatic heterocycles. The zero-order valence-electron chi connectivity index (χ0n) is 10.5. The Hall–Kier alpha value is -1.29. The van der Waals surface area contributed by atoms with Gasteiger partial charge in [-0.2, -0.15) is 0 Å². The third-order valence-electron chi connectivity index (χ3n) is 3.89. The number of hydrogen-bond donors (Lipinski definition) is 1. The minimum absolute atomic E-state index is 0.0377. The number of fused-ring (bicyclic) bond motifs is 3. The quantitative estimate of drug-likeness (QED) is 0.734. The maximum absolute atomic E-state index is 12.3. The maximum Gasteiger partial charge on any atom is 0.247 e. The van der Waals surface area contributed by atoms with E-state index < -0.39 is 0 Å². The summed E-state index contributed by atoms with van der Waals surface area (Å²) in [5.74, 6) is 0.871. The number of piperidine rings is 1. The highest BCUT2D eigenvalue weighted by molar-refractivity contribution is 6.29. The first-order valence-corrected chi connectivity index (χ1v) is 6.61. The van der Waals surface area contributed by atoms with Crippen LogP contribution in [0.5, 0.6) is 0 Å². The average molecular weight is 266 g/mol. The molecule has 3 rings (SSSR count). The van der Waals surface area contributed by atoms with Gasteiger partial charge in [0.2, 0.25) is 5.91 Å². The summed E-state index contributed by atoms with van der Waals surface area (Å²) in [6, 6.07) is 3.38. The van der Waals surface area contributed by atoms with Crippen LogP contribution in [0.15, 0.2) is 12.1 Å². The lowest BCUT2D eigenvalue weighted by molar-refractivity contribution is -0.120. The molecule has 1 atom stereocenters. The molecular formula is C13H16ClN3O. The predicted octanol–water partition coefficient (Wildman–Crippen LogP) is 2.68. The van der Waals surface area contributed by atoms with E-state index in [0.717, 1.165) is 30.9 Å². The van der Waals surface area contributed by atoms with Crippen LogP contribution in [-0.2, 0) is 4.79 Å². The van der Waals surface area contributed by atoms with Crippen LogP contribution in [0.1, 0.15) is 26.7 Å². The molecule has 1 N–H and O–H groups in total. The Kier molecular flexibility index (Phi) is 2.52. The van der Waals surface area contributed by atoms with Gasteiger partial charge in [0.15, 0.2) is 5.82 Å². The lowest BCUT2D eigenvalue weighted by Crippen LogP contribution is -2.58. The van der Waals surface area contributed by atoms with E-state index in [9.17, 15) is 4.79 Å². The monoisotopic (exact) mass is 265 g/mol. The molecule has 4 nitrogen and oxygen atoms in total. The normalized spacial score (nSPS) is 25.2. The fraction of sp³-hybridized carbons (Fsp3) is 0.538. The van der Waals surface area contributed by atoms with Gasteiger partial charge in [0.05, 0.1) is 5.69 Å². The second-order valence-corrected chi connectivity index (χ2v) is 6.07. The number of anilines is 2. The van der Waals surface area contributed by atoms with Gasteiger partial charge in [-0.3, -0.25) is 4.79 Å². The van der Waals surface area contributed by atoms with Crippen LogP contribution in [-0.4, -0.2) is 23.5 Å². The van der Waals surface area contributed by atoms with Gasteiger partial charge in [-0.05, 0) is 30.4 Å². The van der Waals surface area contributed by atoms with E-state index in [-0.39, 0.29) is 17.4 Å². The SMILES string of the molecule is CC1(C)CCCN2c3nc(Cl)ccc3NC(=O)C21. The van der Waals surface area contributed by atoms with Crippen LogP contribution in [0, 0.1) is 5.41 Å². The molecule has 1 aromatic heterocycles. The molecule has 2 aliphatic rings. The first kappa shape index (κ1) is 11.8. The Morgan fingerprint density at radius 2 is 2.28 bits per heavy atom. The molecule has 0 spiro atoms. The van der Waals surface area contributed by atoms with E-state index in [1.807, 2.05) is 6.07 Å². The predicted molar refractivity (Wildman–Crippen MR) is 72.0 cm³/mol. The molecule has 0 aromatic carbocycles. The van der Waals surface area contributed by atoms with Crippen LogP contribution in [0.25, 0.3) is 0 Å². The third-order valence-corrected chi connectivity index (χ3v) is 4.10. The minimum atomic E-state index is -0.148. The minimum Gasteiger partial charge on any atom is -0.342 e.